The van der Waals surface area contributed by atoms with E-state index in [1.807, 2.05) is 0 Å². The zero-order valence-corrected chi connectivity index (χ0v) is 12.9. The highest BCUT2D eigenvalue weighted by Gasteiger charge is 2.41. The van der Waals surface area contributed by atoms with Crippen molar-refractivity contribution in [3.63, 3.8) is 0 Å². The average molecular weight is 278 g/mol. The predicted molar refractivity (Wildman–Crippen MR) is 74.0 cm³/mol. The molecule has 0 radical (unpaired) electrons. The maximum atomic E-state index is 11.7. The van der Waals surface area contributed by atoms with Crippen molar-refractivity contribution < 1.29 is 18.8 Å². The lowest BCUT2D eigenvalue weighted by Crippen LogP contribution is -2.44. The number of hydrogen-bond donors (Lipinski definition) is 0. The number of ether oxygens (including phenoxy) is 1. The van der Waals surface area contributed by atoms with Crippen molar-refractivity contribution in [1.29, 1.82) is 0 Å². The van der Waals surface area contributed by atoms with Crippen LogP contribution in [0, 0.1) is 0 Å². The molecule has 2 rings (SSSR count). The SMILES string of the molecule is CC(C)(C)[Si](C)(C)Oc1cccc2c1C(=O)OC2=O. The topological polar surface area (TPSA) is 52.6 Å². The Kier molecular flexibility index (Phi) is 3.05. The Balaban J connectivity index is 2.44. The third-order valence-electron chi connectivity index (χ3n) is 3.81. The van der Waals surface area contributed by atoms with Crippen molar-refractivity contribution >= 4 is 20.3 Å². The lowest BCUT2D eigenvalue weighted by Gasteiger charge is -2.36. The van der Waals surface area contributed by atoms with Gasteiger partial charge in [0, 0.05) is 0 Å². The van der Waals surface area contributed by atoms with Crippen LogP contribution in [0.1, 0.15) is 41.5 Å². The molecule has 0 aliphatic carbocycles. The first-order valence-electron chi connectivity index (χ1n) is 6.22. The summed E-state index contributed by atoms with van der Waals surface area (Å²) in [6.07, 6.45) is 0. The molecule has 1 aliphatic heterocycles. The number of carbonyl (C=O) groups is 2. The first kappa shape index (κ1) is 13.8. The average Bonchev–Trinajstić information content (AvgIpc) is 2.53. The summed E-state index contributed by atoms with van der Waals surface area (Å²) in [4.78, 5) is 23.2. The van der Waals surface area contributed by atoms with E-state index in [1.54, 1.807) is 18.2 Å². The molecule has 0 amide bonds. The number of benzene rings is 1. The Bertz CT molecular complexity index is 555. The molecule has 102 valence electrons. The van der Waals surface area contributed by atoms with E-state index >= 15 is 0 Å². The van der Waals surface area contributed by atoms with Gasteiger partial charge < -0.3 is 9.16 Å². The van der Waals surface area contributed by atoms with E-state index < -0.39 is 20.3 Å². The van der Waals surface area contributed by atoms with Crippen LogP contribution in [0.15, 0.2) is 18.2 Å². The minimum Gasteiger partial charge on any atom is -0.543 e. The summed E-state index contributed by atoms with van der Waals surface area (Å²) < 4.78 is 10.7. The number of esters is 2. The lowest BCUT2D eigenvalue weighted by molar-refractivity contribution is 0.0443. The number of rotatable bonds is 2. The number of fused-ring (bicyclic) bond motifs is 1. The minimum absolute atomic E-state index is 0.0161. The first-order chi connectivity index (χ1) is 8.63. The molecule has 0 spiro atoms. The van der Waals surface area contributed by atoms with Gasteiger partial charge in [0.05, 0.1) is 5.56 Å². The molecule has 0 fully saturated rings. The molecule has 0 atom stereocenters. The molecule has 5 heteroatoms. The molecule has 0 N–H and O–H groups in total. The highest BCUT2D eigenvalue weighted by molar-refractivity contribution is 6.74. The van der Waals surface area contributed by atoms with Gasteiger partial charge in [0.15, 0.2) is 0 Å². The monoisotopic (exact) mass is 278 g/mol. The van der Waals surface area contributed by atoms with Gasteiger partial charge in [-0.25, -0.2) is 9.59 Å². The predicted octanol–water partition coefficient (Wildman–Crippen LogP) is 3.38. The number of cyclic esters (lactones) is 2. The van der Waals surface area contributed by atoms with E-state index in [1.165, 1.54) is 0 Å². The van der Waals surface area contributed by atoms with Crippen molar-refractivity contribution in [3.8, 4) is 5.75 Å². The molecule has 0 saturated carbocycles. The second-order valence-corrected chi connectivity index (χ2v) is 10.9. The largest absolute Gasteiger partial charge is 0.543 e. The van der Waals surface area contributed by atoms with Crippen LogP contribution in [-0.2, 0) is 4.74 Å². The smallest absolute Gasteiger partial charge is 0.350 e. The van der Waals surface area contributed by atoms with Gasteiger partial charge in [-0.1, -0.05) is 26.8 Å². The van der Waals surface area contributed by atoms with Gasteiger partial charge in [0.25, 0.3) is 8.32 Å². The summed E-state index contributed by atoms with van der Waals surface area (Å²) in [7, 11) is -2.06. The van der Waals surface area contributed by atoms with E-state index in [0.29, 0.717) is 11.3 Å². The van der Waals surface area contributed by atoms with Gasteiger partial charge in [-0.05, 0) is 30.3 Å². The fourth-order valence-corrected chi connectivity index (χ4v) is 2.64. The Morgan fingerprint density at radius 1 is 1.11 bits per heavy atom. The second kappa shape index (κ2) is 4.20. The fourth-order valence-electron chi connectivity index (χ4n) is 1.62. The van der Waals surface area contributed by atoms with Crippen molar-refractivity contribution in [1.82, 2.24) is 0 Å². The highest BCUT2D eigenvalue weighted by atomic mass is 28.4. The summed E-state index contributed by atoms with van der Waals surface area (Å²) in [6.45, 7) is 10.5. The van der Waals surface area contributed by atoms with Gasteiger partial charge in [-0.15, -0.1) is 0 Å². The van der Waals surface area contributed by atoms with Crippen LogP contribution in [0.25, 0.3) is 0 Å². The van der Waals surface area contributed by atoms with Crippen LogP contribution >= 0.6 is 0 Å². The fraction of sp³-hybridized carbons (Fsp3) is 0.429. The van der Waals surface area contributed by atoms with Crippen molar-refractivity contribution in [2.75, 3.05) is 0 Å². The second-order valence-electron chi connectivity index (χ2n) is 6.22. The molecule has 0 saturated heterocycles. The van der Waals surface area contributed by atoms with Crippen LogP contribution in [0.2, 0.25) is 18.1 Å². The Labute approximate surface area is 113 Å². The molecule has 1 aliphatic rings. The molecule has 4 nitrogen and oxygen atoms in total. The van der Waals surface area contributed by atoms with E-state index in [0.717, 1.165) is 0 Å². The van der Waals surface area contributed by atoms with Crippen molar-refractivity contribution in [2.45, 2.75) is 38.9 Å². The minimum atomic E-state index is -2.06. The van der Waals surface area contributed by atoms with E-state index in [4.69, 9.17) is 4.43 Å². The molecular formula is C14H18O4Si. The number of carbonyl (C=O) groups excluding carboxylic acids is 2. The third kappa shape index (κ3) is 2.30. The first-order valence-corrected chi connectivity index (χ1v) is 9.13. The number of hydrogen-bond acceptors (Lipinski definition) is 4. The van der Waals surface area contributed by atoms with E-state index in [-0.39, 0.29) is 10.6 Å². The molecule has 0 bridgehead atoms. The van der Waals surface area contributed by atoms with Crippen LogP contribution in [0.5, 0.6) is 5.75 Å². The zero-order chi connectivity index (χ0) is 14.4. The molecule has 1 aromatic rings. The molecule has 0 aromatic heterocycles. The van der Waals surface area contributed by atoms with Crippen LogP contribution in [-0.4, -0.2) is 20.3 Å². The Morgan fingerprint density at radius 2 is 1.74 bits per heavy atom. The van der Waals surface area contributed by atoms with E-state index in [2.05, 4.69) is 38.6 Å². The summed E-state index contributed by atoms with van der Waals surface area (Å²) >= 11 is 0. The molecular weight excluding hydrogens is 260 g/mol. The maximum absolute atomic E-state index is 11.7. The van der Waals surface area contributed by atoms with Gasteiger partial charge >= 0.3 is 11.9 Å². The summed E-state index contributed by atoms with van der Waals surface area (Å²) in [5.41, 5.74) is 0.554. The zero-order valence-electron chi connectivity index (χ0n) is 11.9. The standard InChI is InChI=1S/C14H18O4Si/c1-14(2,3)19(4,5)18-10-8-6-7-9-11(10)13(16)17-12(9)15/h6-8H,1-5H3. The summed E-state index contributed by atoms with van der Waals surface area (Å²) in [5, 5.41) is 0.0161. The van der Waals surface area contributed by atoms with Gasteiger partial charge in [0.2, 0.25) is 0 Å². The van der Waals surface area contributed by atoms with Crippen LogP contribution < -0.4 is 4.43 Å². The quantitative estimate of drug-likeness (QED) is 0.473. The van der Waals surface area contributed by atoms with Gasteiger partial charge in [0.1, 0.15) is 11.3 Å². The van der Waals surface area contributed by atoms with Crippen LogP contribution in [0.3, 0.4) is 0 Å². The Hall–Kier alpha value is -1.62. The summed E-state index contributed by atoms with van der Waals surface area (Å²) in [5.74, 6) is -0.755. The molecule has 1 aromatic carbocycles. The molecule has 1 heterocycles. The Morgan fingerprint density at radius 3 is 2.32 bits per heavy atom. The molecule has 19 heavy (non-hydrogen) atoms. The van der Waals surface area contributed by atoms with Gasteiger partial charge in [-0.2, -0.15) is 0 Å². The van der Waals surface area contributed by atoms with Gasteiger partial charge in [-0.3, -0.25) is 0 Å². The van der Waals surface area contributed by atoms with Crippen LogP contribution in [0.4, 0.5) is 0 Å². The lowest BCUT2D eigenvalue weighted by atomic mass is 10.1. The normalized spacial score (nSPS) is 15.2. The summed E-state index contributed by atoms with van der Waals surface area (Å²) in [6, 6.07) is 5.02. The third-order valence-corrected chi connectivity index (χ3v) is 8.15. The van der Waals surface area contributed by atoms with E-state index in [9.17, 15) is 9.59 Å². The maximum Gasteiger partial charge on any atom is 0.350 e. The molecule has 0 unspecified atom stereocenters. The van der Waals surface area contributed by atoms with Crippen molar-refractivity contribution in [3.05, 3.63) is 29.3 Å². The van der Waals surface area contributed by atoms with Crippen molar-refractivity contribution in [2.24, 2.45) is 0 Å². The highest BCUT2D eigenvalue weighted by Crippen LogP contribution is 2.39.